The lowest BCUT2D eigenvalue weighted by molar-refractivity contribution is 0.346. The Hall–Kier alpha value is -2.52. The molecular formula is C21H24F2N4O2S. The Morgan fingerprint density at radius 3 is 2.40 bits per heavy atom. The molecule has 0 atom stereocenters. The number of imidazole rings is 1. The molecule has 30 heavy (non-hydrogen) atoms. The zero-order valence-electron chi connectivity index (χ0n) is 16.7. The van der Waals surface area contributed by atoms with Crippen LogP contribution in [0.3, 0.4) is 0 Å². The van der Waals surface area contributed by atoms with Gasteiger partial charge in [-0.25, -0.2) is 22.2 Å². The Morgan fingerprint density at radius 2 is 1.73 bits per heavy atom. The monoisotopic (exact) mass is 434 g/mol. The third-order valence-corrected chi connectivity index (χ3v) is 7.28. The quantitative estimate of drug-likeness (QED) is 0.634. The van der Waals surface area contributed by atoms with E-state index in [4.69, 9.17) is 0 Å². The number of aromatic nitrogens is 2. The first-order chi connectivity index (χ1) is 14.4. The Balaban J connectivity index is 1.63. The Labute approximate surface area is 174 Å². The molecule has 2 heterocycles. The van der Waals surface area contributed by atoms with Gasteiger partial charge in [0, 0.05) is 31.4 Å². The van der Waals surface area contributed by atoms with Crippen LogP contribution in [0.25, 0.3) is 11.0 Å². The molecule has 0 amide bonds. The van der Waals surface area contributed by atoms with Gasteiger partial charge in [-0.15, -0.1) is 0 Å². The highest BCUT2D eigenvalue weighted by Crippen LogP contribution is 2.25. The molecular weight excluding hydrogens is 410 g/mol. The summed E-state index contributed by atoms with van der Waals surface area (Å²) in [6.07, 6.45) is 2.81. The lowest BCUT2D eigenvalue weighted by Crippen LogP contribution is -2.35. The zero-order chi connectivity index (χ0) is 21.3. The smallest absolute Gasteiger partial charge is 0.243 e. The minimum Gasteiger partial charge on any atom is -0.378 e. The summed E-state index contributed by atoms with van der Waals surface area (Å²) < 4.78 is 56.3. The van der Waals surface area contributed by atoms with E-state index in [1.807, 2.05) is 11.5 Å². The Bertz CT molecular complexity index is 1150. The lowest BCUT2D eigenvalue weighted by atomic mass is 10.2. The van der Waals surface area contributed by atoms with Gasteiger partial charge in [-0.05, 0) is 50.1 Å². The molecule has 0 aliphatic carbocycles. The third-order valence-electron chi connectivity index (χ3n) is 5.38. The van der Waals surface area contributed by atoms with E-state index in [-0.39, 0.29) is 11.4 Å². The van der Waals surface area contributed by atoms with E-state index < -0.39 is 21.7 Å². The minimum atomic E-state index is -3.54. The van der Waals surface area contributed by atoms with E-state index in [1.54, 1.807) is 18.2 Å². The van der Waals surface area contributed by atoms with Crippen LogP contribution < -0.4 is 5.32 Å². The number of rotatable bonds is 6. The summed E-state index contributed by atoms with van der Waals surface area (Å²) in [6.45, 7) is 3.93. The van der Waals surface area contributed by atoms with Crippen molar-refractivity contribution in [1.82, 2.24) is 13.9 Å². The second-order valence-electron chi connectivity index (χ2n) is 7.40. The molecule has 0 spiro atoms. The van der Waals surface area contributed by atoms with Gasteiger partial charge in [0.15, 0.2) is 0 Å². The van der Waals surface area contributed by atoms with Crippen molar-refractivity contribution in [2.75, 3.05) is 18.4 Å². The van der Waals surface area contributed by atoms with Gasteiger partial charge in [-0.1, -0.05) is 6.42 Å². The lowest BCUT2D eigenvalue weighted by Gasteiger charge is -2.25. The van der Waals surface area contributed by atoms with Gasteiger partial charge in [0.25, 0.3) is 0 Å². The molecule has 1 aromatic heterocycles. The molecule has 1 aliphatic heterocycles. The summed E-state index contributed by atoms with van der Waals surface area (Å²) in [5, 5.41) is 2.99. The van der Waals surface area contributed by atoms with Crippen LogP contribution in [0.1, 0.15) is 32.0 Å². The molecule has 1 aliphatic rings. The fourth-order valence-electron chi connectivity index (χ4n) is 3.90. The van der Waals surface area contributed by atoms with Crippen molar-refractivity contribution in [3.05, 3.63) is 53.9 Å². The van der Waals surface area contributed by atoms with Gasteiger partial charge in [-0.3, -0.25) is 0 Å². The molecule has 0 radical (unpaired) electrons. The molecule has 2 aromatic carbocycles. The first kappa shape index (κ1) is 20.7. The number of aryl methyl sites for hydroxylation is 1. The highest BCUT2D eigenvalue weighted by Gasteiger charge is 2.26. The van der Waals surface area contributed by atoms with Gasteiger partial charge < -0.3 is 9.88 Å². The van der Waals surface area contributed by atoms with Gasteiger partial charge in [0.2, 0.25) is 10.0 Å². The number of nitrogens with zero attached hydrogens (tertiary/aromatic N) is 3. The predicted molar refractivity (Wildman–Crippen MR) is 112 cm³/mol. The average molecular weight is 435 g/mol. The highest BCUT2D eigenvalue weighted by molar-refractivity contribution is 7.89. The molecule has 0 saturated carbocycles. The maximum Gasteiger partial charge on any atom is 0.243 e. The highest BCUT2D eigenvalue weighted by atomic mass is 32.2. The van der Waals surface area contributed by atoms with Crippen LogP contribution in [0.4, 0.5) is 14.5 Å². The SMILES string of the molecule is CCn1c(CNc2cc(F)cc(F)c2)nc2cc(S(=O)(=O)N3CCCCC3)ccc21. The van der Waals surface area contributed by atoms with Crippen molar-refractivity contribution in [2.24, 2.45) is 0 Å². The van der Waals surface area contributed by atoms with Crippen LogP contribution in [0.15, 0.2) is 41.3 Å². The molecule has 0 unspecified atom stereocenters. The van der Waals surface area contributed by atoms with Crippen molar-refractivity contribution in [3.63, 3.8) is 0 Å². The van der Waals surface area contributed by atoms with E-state index in [0.29, 0.717) is 36.7 Å². The maximum atomic E-state index is 13.4. The van der Waals surface area contributed by atoms with Crippen LogP contribution in [-0.2, 0) is 23.1 Å². The largest absolute Gasteiger partial charge is 0.378 e. The summed E-state index contributed by atoms with van der Waals surface area (Å²) in [7, 11) is -3.54. The van der Waals surface area contributed by atoms with E-state index in [1.165, 1.54) is 16.4 Å². The number of halogens is 2. The van der Waals surface area contributed by atoms with Gasteiger partial charge in [0.1, 0.15) is 17.5 Å². The third kappa shape index (κ3) is 4.04. The second-order valence-corrected chi connectivity index (χ2v) is 9.34. The Morgan fingerprint density at radius 1 is 1.03 bits per heavy atom. The molecule has 0 bridgehead atoms. The number of hydrogen-bond donors (Lipinski definition) is 1. The minimum absolute atomic E-state index is 0.240. The molecule has 6 nitrogen and oxygen atoms in total. The summed E-state index contributed by atoms with van der Waals surface area (Å²) >= 11 is 0. The van der Waals surface area contributed by atoms with Crippen LogP contribution in [-0.4, -0.2) is 35.4 Å². The van der Waals surface area contributed by atoms with Crippen LogP contribution in [0, 0.1) is 11.6 Å². The predicted octanol–water partition coefficient (Wildman–Crippen LogP) is 4.12. The number of anilines is 1. The van der Waals surface area contributed by atoms with Crippen molar-refractivity contribution >= 4 is 26.7 Å². The number of piperidine rings is 1. The molecule has 9 heteroatoms. The van der Waals surface area contributed by atoms with Crippen LogP contribution in [0.2, 0.25) is 0 Å². The maximum absolute atomic E-state index is 13.4. The average Bonchev–Trinajstić information content (AvgIpc) is 3.09. The van der Waals surface area contributed by atoms with E-state index in [9.17, 15) is 17.2 Å². The van der Waals surface area contributed by atoms with Crippen molar-refractivity contribution in [1.29, 1.82) is 0 Å². The van der Waals surface area contributed by atoms with Gasteiger partial charge in [-0.2, -0.15) is 4.31 Å². The van der Waals surface area contributed by atoms with Gasteiger partial charge >= 0.3 is 0 Å². The van der Waals surface area contributed by atoms with E-state index in [2.05, 4.69) is 10.3 Å². The zero-order valence-corrected chi connectivity index (χ0v) is 17.6. The van der Waals surface area contributed by atoms with Gasteiger partial charge in [0.05, 0.1) is 22.5 Å². The fourth-order valence-corrected chi connectivity index (χ4v) is 5.44. The normalized spacial score (nSPS) is 15.6. The first-order valence-corrected chi connectivity index (χ1v) is 11.5. The molecule has 3 aromatic rings. The number of benzene rings is 2. The Kier molecular flexibility index (Phi) is 5.75. The second kappa shape index (κ2) is 8.31. The van der Waals surface area contributed by atoms with Crippen molar-refractivity contribution in [2.45, 2.75) is 44.2 Å². The first-order valence-electron chi connectivity index (χ1n) is 10.1. The summed E-state index contributed by atoms with van der Waals surface area (Å²) in [5.41, 5.74) is 1.71. The molecule has 1 fully saturated rings. The van der Waals surface area contributed by atoms with E-state index >= 15 is 0 Å². The topological polar surface area (TPSA) is 67.2 Å². The van der Waals surface area contributed by atoms with Crippen LogP contribution in [0.5, 0.6) is 0 Å². The van der Waals surface area contributed by atoms with Crippen LogP contribution >= 0.6 is 0 Å². The summed E-state index contributed by atoms with van der Waals surface area (Å²) in [6, 6.07) is 8.25. The number of sulfonamides is 1. The number of nitrogens with one attached hydrogen (secondary N) is 1. The molecule has 1 N–H and O–H groups in total. The number of hydrogen-bond acceptors (Lipinski definition) is 4. The molecule has 1 saturated heterocycles. The summed E-state index contributed by atoms with van der Waals surface area (Å²) in [5.74, 6) is -0.659. The van der Waals surface area contributed by atoms with Crippen molar-refractivity contribution in [3.8, 4) is 0 Å². The summed E-state index contributed by atoms with van der Waals surface area (Å²) in [4.78, 5) is 4.83. The standard InChI is InChI=1S/C21H24F2N4O2S/c1-2-27-20-7-6-18(30(28,29)26-8-4-3-5-9-26)13-19(20)25-21(27)14-24-17-11-15(22)10-16(23)12-17/h6-7,10-13,24H,2-5,8-9,14H2,1H3. The molecule has 4 rings (SSSR count). The van der Waals surface area contributed by atoms with E-state index in [0.717, 1.165) is 30.8 Å². The fraction of sp³-hybridized carbons (Fsp3) is 0.381. The number of fused-ring (bicyclic) bond motifs is 1. The van der Waals surface area contributed by atoms with Crippen molar-refractivity contribution < 1.29 is 17.2 Å². The molecule has 160 valence electrons.